The Balaban J connectivity index is 1.67. The van der Waals surface area contributed by atoms with E-state index in [-0.39, 0.29) is 29.9 Å². The van der Waals surface area contributed by atoms with Gasteiger partial charge in [-0.1, -0.05) is 17.7 Å². The minimum atomic E-state index is -4.02. The molecule has 0 unspecified atom stereocenters. The molecule has 36 heavy (non-hydrogen) atoms. The fourth-order valence-corrected chi connectivity index (χ4v) is 5.42. The summed E-state index contributed by atoms with van der Waals surface area (Å²) in [6.07, 6.45) is -2.32. The summed E-state index contributed by atoms with van der Waals surface area (Å²) in [5.74, 6) is -1.79. The first-order valence-electron chi connectivity index (χ1n) is 12.0. The van der Waals surface area contributed by atoms with E-state index in [0.717, 1.165) is 5.56 Å². The number of sulfonamides is 1. The molecule has 2 aliphatic rings. The van der Waals surface area contributed by atoms with Crippen LogP contribution in [-0.2, 0) is 43.3 Å². The second-order valence-corrected chi connectivity index (χ2v) is 12.4. The van der Waals surface area contributed by atoms with Crippen LogP contribution in [0.5, 0.6) is 0 Å². The fourth-order valence-electron chi connectivity index (χ4n) is 4.20. The average Bonchev–Trinajstić information content (AvgIpc) is 3.23. The van der Waals surface area contributed by atoms with Crippen molar-refractivity contribution in [2.75, 3.05) is 7.11 Å². The summed E-state index contributed by atoms with van der Waals surface area (Å²) in [4.78, 5) is 25.7. The van der Waals surface area contributed by atoms with Crippen LogP contribution in [0.4, 0.5) is 0 Å². The van der Waals surface area contributed by atoms with Gasteiger partial charge in [0.2, 0.25) is 10.0 Å². The summed E-state index contributed by atoms with van der Waals surface area (Å²) in [6, 6.07) is 5.01. The zero-order valence-corrected chi connectivity index (χ0v) is 22.7. The van der Waals surface area contributed by atoms with Crippen molar-refractivity contribution in [2.45, 2.75) is 108 Å². The Morgan fingerprint density at radius 3 is 2.31 bits per heavy atom. The van der Waals surface area contributed by atoms with E-state index in [9.17, 15) is 18.0 Å². The molecule has 10 nitrogen and oxygen atoms in total. The first kappa shape index (κ1) is 28.7. The third kappa shape index (κ3) is 7.33. The number of hydrogen-bond acceptors (Lipinski definition) is 9. The van der Waals surface area contributed by atoms with Crippen LogP contribution in [0.2, 0.25) is 0 Å². The molecule has 11 heteroatoms. The van der Waals surface area contributed by atoms with E-state index in [1.807, 2.05) is 6.92 Å². The van der Waals surface area contributed by atoms with Crippen molar-refractivity contribution in [1.29, 1.82) is 0 Å². The maximum absolute atomic E-state index is 12.9. The van der Waals surface area contributed by atoms with Crippen molar-refractivity contribution >= 4 is 21.8 Å². The highest BCUT2D eigenvalue weighted by Gasteiger charge is 2.55. The lowest BCUT2D eigenvalue weighted by atomic mass is 10.0. The number of benzene rings is 1. The van der Waals surface area contributed by atoms with E-state index in [2.05, 4.69) is 4.72 Å². The van der Waals surface area contributed by atoms with Crippen LogP contribution in [0.15, 0.2) is 29.2 Å². The number of fused-ring (bicyclic) bond motifs is 1. The molecule has 1 N–H and O–H groups in total. The van der Waals surface area contributed by atoms with Crippen molar-refractivity contribution in [1.82, 2.24) is 4.72 Å². The molecule has 2 aliphatic heterocycles. The average molecular weight is 528 g/mol. The van der Waals surface area contributed by atoms with Crippen molar-refractivity contribution in [3.63, 3.8) is 0 Å². The van der Waals surface area contributed by atoms with Gasteiger partial charge in [0.25, 0.3) is 0 Å². The lowest BCUT2D eigenvalue weighted by molar-refractivity contribution is -0.227. The SMILES string of the molecule is CO[C@@H]1O[C@H](CC(=O)CC[C@H](NS(=O)(=O)c2ccc(C)cc2)C(=O)OC(C)(C)C)[C@H]2OC(C)(C)O[C@@H]12. The maximum Gasteiger partial charge on any atom is 0.324 e. The molecule has 1 aromatic carbocycles. The van der Waals surface area contributed by atoms with Gasteiger partial charge in [-0.15, -0.1) is 0 Å². The summed E-state index contributed by atoms with van der Waals surface area (Å²) in [5.41, 5.74) is 0.0682. The van der Waals surface area contributed by atoms with Gasteiger partial charge in [-0.25, -0.2) is 8.42 Å². The molecule has 3 rings (SSSR count). The van der Waals surface area contributed by atoms with Crippen molar-refractivity contribution in [3.8, 4) is 0 Å². The number of hydrogen-bond donors (Lipinski definition) is 1. The molecular formula is C25H37NO9S. The number of aryl methyl sites for hydroxylation is 1. The zero-order valence-electron chi connectivity index (χ0n) is 21.9. The van der Waals surface area contributed by atoms with Gasteiger partial charge in [0.15, 0.2) is 12.1 Å². The Morgan fingerprint density at radius 1 is 1.11 bits per heavy atom. The Labute approximate surface area is 213 Å². The van der Waals surface area contributed by atoms with Gasteiger partial charge in [0, 0.05) is 20.0 Å². The molecular weight excluding hydrogens is 490 g/mol. The predicted molar refractivity (Wildman–Crippen MR) is 129 cm³/mol. The van der Waals surface area contributed by atoms with E-state index >= 15 is 0 Å². The number of carbonyl (C=O) groups is 2. The smallest absolute Gasteiger partial charge is 0.324 e. The summed E-state index contributed by atoms with van der Waals surface area (Å²) >= 11 is 0. The Hall–Kier alpha value is -1.89. The molecule has 2 fully saturated rings. The minimum Gasteiger partial charge on any atom is -0.459 e. The van der Waals surface area contributed by atoms with E-state index < -0.39 is 58.0 Å². The molecule has 0 aromatic heterocycles. The summed E-state index contributed by atoms with van der Waals surface area (Å²) in [5, 5.41) is 0. The lowest BCUT2D eigenvalue weighted by Crippen LogP contribution is -2.44. The molecule has 2 heterocycles. The normalized spacial score (nSPS) is 26.4. The number of esters is 1. The summed E-state index contributed by atoms with van der Waals surface area (Å²) < 4.78 is 56.6. The third-order valence-corrected chi connectivity index (χ3v) is 7.29. The molecule has 2 saturated heterocycles. The molecule has 1 aromatic rings. The molecule has 0 amide bonds. The second kappa shape index (κ2) is 10.8. The molecule has 0 spiro atoms. The van der Waals surface area contributed by atoms with Gasteiger partial charge in [0.1, 0.15) is 29.6 Å². The van der Waals surface area contributed by atoms with Gasteiger partial charge in [-0.3, -0.25) is 9.59 Å². The first-order valence-corrected chi connectivity index (χ1v) is 13.5. The van der Waals surface area contributed by atoms with Crippen LogP contribution in [0.1, 0.15) is 59.4 Å². The number of Topliss-reactive ketones (excluding diaryl/α,β-unsaturated/α-hetero) is 1. The highest BCUT2D eigenvalue weighted by Crippen LogP contribution is 2.40. The molecule has 202 valence electrons. The van der Waals surface area contributed by atoms with Gasteiger partial charge < -0.3 is 23.7 Å². The van der Waals surface area contributed by atoms with Gasteiger partial charge in [0.05, 0.1) is 11.0 Å². The quantitative estimate of drug-likeness (QED) is 0.457. The van der Waals surface area contributed by atoms with Crippen LogP contribution in [0.3, 0.4) is 0 Å². The number of rotatable bonds is 10. The van der Waals surface area contributed by atoms with Crippen LogP contribution >= 0.6 is 0 Å². The zero-order chi connectivity index (χ0) is 26.9. The number of ketones is 1. The topological polar surface area (TPSA) is 126 Å². The standard InChI is InChI=1S/C25H37NO9S/c1-15-8-11-17(12-9-15)36(29,30)26-18(22(28)35-24(2,3)4)13-10-16(27)14-19-20-21(23(31-7)32-19)34-25(5,6)33-20/h8-9,11-12,18-21,23,26H,10,13-14H2,1-7H3/t18-,19+,20+,21+,23+/m0/s1. The van der Waals surface area contributed by atoms with Crippen LogP contribution < -0.4 is 4.72 Å². The van der Waals surface area contributed by atoms with E-state index in [0.29, 0.717) is 0 Å². The number of nitrogens with one attached hydrogen (secondary N) is 1. The summed E-state index contributed by atoms with van der Waals surface area (Å²) in [7, 11) is -2.53. The monoisotopic (exact) mass is 527 g/mol. The van der Waals surface area contributed by atoms with E-state index in [1.54, 1.807) is 46.8 Å². The van der Waals surface area contributed by atoms with E-state index in [1.165, 1.54) is 19.2 Å². The number of ether oxygens (including phenoxy) is 5. The van der Waals surface area contributed by atoms with Crippen molar-refractivity contribution in [3.05, 3.63) is 29.8 Å². The molecule has 0 aliphatic carbocycles. The highest BCUT2D eigenvalue weighted by atomic mass is 32.2. The van der Waals surface area contributed by atoms with Gasteiger partial charge >= 0.3 is 5.97 Å². The second-order valence-electron chi connectivity index (χ2n) is 10.6. The Kier molecular flexibility index (Phi) is 8.64. The van der Waals surface area contributed by atoms with Gasteiger partial charge in [-0.05, 0) is 60.1 Å². The van der Waals surface area contributed by atoms with Crippen molar-refractivity contribution in [2.24, 2.45) is 0 Å². The number of methoxy groups -OCH3 is 1. The minimum absolute atomic E-state index is 0.00617. The van der Waals surface area contributed by atoms with Crippen LogP contribution in [-0.4, -0.2) is 69.3 Å². The van der Waals surface area contributed by atoms with Crippen LogP contribution in [0, 0.1) is 6.92 Å². The Bertz CT molecular complexity index is 1050. The third-order valence-electron chi connectivity index (χ3n) is 5.80. The molecule has 0 radical (unpaired) electrons. The largest absolute Gasteiger partial charge is 0.459 e. The first-order chi connectivity index (χ1) is 16.6. The molecule has 5 atom stereocenters. The summed E-state index contributed by atoms with van der Waals surface area (Å²) in [6.45, 7) is 10.5. The van der Waals surface area contributed by atoms with Crippen molar-refractivity contribution < 1.29 is 41.7 Å². The van der Waals surface area contributed by atoms with Crippen LogP contribution in [0.25, 0.3) is 0 Å². The molecule has 0 saturated carbocycles. The predicted octanol–water partition coefficient (Wildman–Crippen LogP) is 2.61. The fraction of sp³-hybridized carbons (Fsp3) is 0.680. The maximum atomic E-state index is 12.9. The highest BCUT2D eigenvalue weighted by molar-refractivity contribution is 7.89. The number of carbonyl (C=O) groups excluding carboxylic acids is 2. The van der Waals surface area contributed by atoms with E-state index in [4.69, 9.17) is 23.7 Å². The molecule has 0 bridgehead atoms. The Morgan fingerprint density at radius 2 is 1.72 bits per heavy atom. The lowest BCUT2D eigenvalue weighted by Gasteiger charge is -2.25. The van der Waals surface area contributed by atoms with Gasteiger partial charge in [-0.2, -0.15) is 4.72 Å².